The number of nitrogens with two attached hydrogens (primary N) is 1. The van der Waals surface area contributed by atoms with Crippen LogP contribution in [0.25, 0.3) is 0 Å². The third-order valence-electron chi connectivity index (χ3n) is 6.12. The Morgan fingerprint density at radius 2 is 2.11 bits per heavy atom. The van der Waals surface area contributed by atoms with E-state index in [9.17, 15) is 18.3 Å². The lowest BCUT2D eigenvalue weighted by atomic mass is 10.0. The second-order valence-electron chi connectivity index (χ2n) is 8.65. The summed E-state index contributed by atoms with van der Waals surface area (Å²) in [6.45, 7) is -0.233. The van der Waals surface area contributed by atoms with Crippen molar-refractivity contribution in [3.8, 4) is 0 Å². The van der Waals surface area contributed by atoms with E-state index in [4.69, 9.17) is 28.3 Å². The number of aliphatic hydroxyl groups is 1. The molecule has 1 aromatic carbocycles. The number of aliphatic hydroxyl groups excluding tert-OH is 1. The largest absolute Gasteiger partial charge is 0.393 e. The van der Waals surface area contributed by atoms with Gasteiger partial charge in [-0.25, -0.2) is 15.1 Å². The topological polar surface area (TPSA) is 157 Å². The summed E-state index contributed by atoms with van der Waals surface area (Å²) >= 11 is 13.9. The molecule has 37 heavy (non-hydrogen) atoms. The molecule has 4 rings (SSSR count). The zero-order chi connectivity index (χ0) is 26.7. The van der Waals surface area contributed by atoms with E-state index >= 15 is 0 Å². The summed E-state index contributed by atoms with van der Waals surface area (Å²) in [6, 6.07) is 8.59. The molecule has 0 radical (unpaired) electrons. The summed E-state index contributed by atoms with van der Waals surface area (Å²) in [5.41, 5.74) is 1.89. The van der Waals surface area contributed by atoms with Gasteiger partial charge in [0.05, 0.1) is 33.5 Å². The van der Waals surface area contributed by atoms with Crippen molar-refractivity contribution >= 4 is 56.4 Å². The number of anilines is 1. The van der Waals surface area contributed by atoms with E-state index in [0.29, 0.717) is 32.9 Å². The lowest BCUT2D eigenvalue weighted by molar-refractivity contribution is 0.101. The number of nitrogens with zero attached hydrogens (tertiary/aromatic N) is 2. The zero-order valence-corrected chi connectivity index (χ0v) is 22.7. The molecule has 1 fully saturated rings. The standard InChI is InChI=1S/C23H25Cl2N5O5S2/c1-27-20(12-3-2-4-14(24)5-12)16-8-19(36-22(16)25)21(32)17-9-28-11-29-23(17)30-15-6-13(18(31)7-15)10-35-37(26,33)34/h2-5,8-9,11,13,15,18,20,27,31H,6-7,10H2,1H3,(H2,26,33,34)(H,28,29,30)/t13-,15-,18+,20-/m1/s1. The molecule has 14 heteroatoms. The minimum atomic E-state index is -4.11. The van der Waals surface area contributed by atoms with Crippen LogP contribution < -0.4 is 15.8 Å². The zero-order valence-electron chi connectivity index (χ0n) is 19.6. The fraction of sp³-hybridized carbons (Fsp3) is 0.348. The van der Waals surface area contributed by atoms with Gasteiger partial charge in [0, 0.05) is 28.7 Å². The van der Waals surface area contributed by atoms with Gasteiger partial charge in [0.2, 0.25) is 5.78 Å². The molecule has 0 bridgehead atoms. The maximum atomic E-state index is 13.5. The number of ketones is 1. The third kappa shape index (κ3) is 6.84. The number of carbonyl (C=O) groups excluding carboxylic acids is 1. The van der Waals surface area contributed by atoms with Crippen LogP contribution in [0.1, 0.15) is 45.2 Å². The van der Waals surface area contributed by atoms with E-state index in [1.807, 2.05) is 18.2 Å². The van der Waals surface area contributed by atoms with Crippen LogP contribution in [0.3, 0.4) is 0 Å². The minimum Gasteiger partial charge on any atom is -0.393 e. The Morgan fingerprint density at radius 1 is 1.32 bits per heavy atom. The fourth-order valence-electron chi connectivity index (χ4n) is 4.40. The third-order valence-corrected chi connectivity index (χ3v) is 8.21. The number of halogens is 2. The van der Waals surface area contributed by atoms with Crippen LogP contribution in [0.5, 0.6) is 0 Å². The molecular weight excluding hydrogens is 561 g/mol. The van der Waals surface area contributed by atoms with E-state index in [2.05, 4.69) is 24.8 Å². The second kappa shape index (κ2) is 11.7. The predicted octanol–water partition coefficient (Wildman–Crippen LogP) is 3.16. The van der Waals surface area contributed by atoms with Crippen molar-refractivity contribution in [2.45, 2.75) is 31.0 Å². The molecule has 0 unspecified atom stereocenters. The van der Waals surface area contributed by atoms with Gasteiger partial charge in [0.25, 0.3) is 0 Å². The highest BCUT2D eigenvalue weighted by Crippen LogP contribution is 2.37. The highest BCUT2D eigenvalue weighted by atomic mass is 35.5. The van der Waals surface area contributed by atoms with E-state index < -0.39 is 22.3 Å². The number of rotatable bonds is 10. The SMILES string of the molecule is CN[C@H](c1cccc(Cl)c1)c1cc(C(=O)c2cncnc2N[C@@H]2C[C@H](COS(N)(=O)=O)[C@@H](O)C2)sc1Cl. The van der Waals surface area contributed by atoms with Gasteiger partial charge in [-0.05, 0) is 43.7 Å². The van der Waals surface area contributed by atoms with Crippen LogP contribution in [0.2, 0.25) is 9.36 Å². The van der Waals surface area contributed by atoms with Crippen LogP contribution in [-0.2, 0) is 14.5 Å². The molecule has 1 saturated carbocycles. The molecule has 2 heterocycles. The van der Waals surface area contributed by atoms with Crippen molar-refractivity contribution in [3.63, 3.8) is 0 Å². The average Bonchev–Trinajstić information content (AvgIpc) is 3.39. The average molecular weight is 587 g/mol. The van der Waals surface area contributed by atoms with Gasteiger partial charge in [0.1, 0.15) is 12.1 Å². The monoisotopic (exact) mass is 585 g/mol. The molecule has 1 aliphatic carbocycles. The first-order valence-electron chi connectivity index (χ1n) is 11.2. The van der Waals surface area contributed by atoms with Crippen molar-refractivity contribution in [1.29, 1.82) is 0 Å². The van der Waals surface area contributed by atoms with Gasteiger partial charge < -0.3 is 15.7 Å². The molecule has 0 amide bonds. The second-order valence-corrected chi connectivity index (χ2v) is 12.0. The Labute approximate surface area is 228 Å². The highest BCUT2D eigenvalue weighted by molar-refractivity contribution is 7.84. The summed E-state index contributed by atoms with van der Waals surface area (Å²) in [6.07, 6.45) is 2.64. The molecule has 198 valence electrons. The Balaban J connectivity index is 1.53. The molecular formula is C23H25Cl2N5O5S2. The number of thiophene rings is 1. The maximum absolute atomic E-state index is 13.5. The molecule has 4 atom stereocenters. The Morgan fingerprint density at radius 3 is 2.81 bits per heavy atom. The van der Waals surface area contributed by atoms with Crippen molar-refractivity contribution in [3.05, 3.63) is 73.8 Å². The fourth-order valence-corrected chi connectivity index (χ4v) is 6.25. The summed E-state index contributed by atoms with van der Waals surface area (Å²) in [4.78, 5) is 22.1. The van der Waals surface area contributed by atoms with E-state index in [-0.39, 0.29) is 30.0 Å². The van der Waals surface area contributed by atoms with Crippen LogP contribution in [0.15, 0.2) is 42.9 Å². The van der Waals surface area contributed by atoms with Gasteiger partial charge in [-0.2, -0.15) is 8.42 Å². The molecule has 0 saturated heterocycles. The smallest absolute Gasteiger partial charge is 0.333 e. The van der Waals surface area contributed by atoms with Crippen molar-refractivity contribution in [2.75, 3.05) is 19.0 Å². The molecule has 0 aliphatic heterocycles. The maximum Gasteiger partial charge on any atom is 0.333 e. The van der Waals surface area contributed by atoms with Crippen LogP contribution in [0, 0.1) is 5.92 Å². The van der Waals surface area contributed by atoms with Gasteiger partial charge in [0.15, 0.2) is 0 Å². The lowest BCUT2D eigenvalue weighted by Gasteiger charge is -2.16. The molecule has 10 nitrogen and oxygen atoms in total. The Kier molecular flexibility index (Phi) is 8.81. The lowest BCUT2D eigenvalue weighted by Crippen LogP contribution is -2.24. The number of benzene rings is 1. The molecule has 1 aliphatic rings. The number of nitrogens with one attached hydrogen (secondary N) is 2. The summed E-state index contributed by atoms with van der Waals surface area (Å²) < 4.78 is 27.3. The van der Waals surface area contributed by atoms with E-state index in [1.54, 1.807) is 19.2 Å². The van der Waals surface area contributed by atoms with Gasteiger partial charge in [-0.15, -0.1) is 11.3 Å². The number of hydrogen-bond acceptors (Lipinski definition) is 10. The summed E-state index contributed by atoms with van der Waals surface area (Å²) in [5, 5.41) is 22.2. The summed E-state index contributed by atoms with van der Waals surface area (Å²) in [5.74, 6) is -0.452. The van der Waals surface area contributed by atoms with Crippen molar-refractivity contribution < 1.29 is 22.5 Å². The molecule has 3 aromatic rings. The number of hydrogen-bond donors (Lipinski definition) is 4. The van der Waals surface area contributed by atoms with Crippen LogP contribution >= 0.6 is 34.5 Å². The molecule has 0 spiro atoms. The normalized spacial score (nSPS) is 20.6. The first kappa shape index (κ1) is 27.9. The van der Waals surface area contributed by atoms with Gasteiger partial charge in [-0.3, -0.25) is 8.98 Å². The number of carbonyl (C=O) groups is 1. The predicted molar refractivity (Wildman–Crippen MR) is 142 cm³/mol. The first-order chi connectivity index (χ1) is 17.6. The van der Waals surface area contributed by atoms with E-state index in [1.165, 1.54) is 12.5 Å². The summed E-state index contributed by atoms with van der Waals surface area (Å²) in [7, 11) is -2.31. The van der Waals surface area contributed by atoms with Crippen molar-refractivity contribution in [1.82, 2.24) is 15.3 Å². The minimum absolute atomic E-state index is 0.233. The quantitative estimate of drug-likeness (QED) is 0.262. The number of aromatic nitrogens is 2. The van der Waals surface area contributed by atoms with Gasteiger partial charge in [-0.1, -0.05) is 35.3 Å². The van der Waals surface area contributed by atoms with E-state index in [0.717, 1.165) is 22.5 Å². The van der Waals surface area contributed by atoms with Gasteiger partial charge >= 0.3 is 10.3 Å². The molecule has 5 N–H and O–H groups in total. The van der Waals surface area contributed by atoms with Crippen molar-refractivity contribution in [2.24, 2.45) is 11.1 Å². The van der Waals surface area contributed by atoms with Crippen LogP contribution in [-0.4, -0.2) is 55.1 Å². The Bertz CT molecular complexity index is 1390. The Hall–Kier alpha value is -2.16. The van der Waals surface area contributed by atoms with Crippen LogP contribution in [0.4, 0.5) is 5.82 Å². The first-order valence-corrected chi connectivity index (χ1v) is 14.3. The highest BCUT2D eigenvalue weighted by Gasteiger charge is 2.35. The molecule has 2 aromatic heterocycles.